The van der Waals surface area contributed by atoms with Gasteiger partial charge in [0.25, 0.3) is 0 Å². The first-order valence-corrected chi connectivity index (χ1v) is 9.72. The van der Waals surface area contributed by atoms with Gasteiger partial charge in [0.15, 0.2) is 11.7 Å². The van der Waals surface area contributed by atoms with E-state index in [9.17, 15) is 13.2 Å². The molecule has 2 aromatic heterocycles. The predicted molar refractivity (Wildman–Crippen MR) is 112 cm³/mol. The first-order valence-electron chi connectivity index (χ1n) is 8.84. The summed E-state index contributed by atoms with van der Waals surface area (Å²) in [5.74, 6) is 2.51. The van der Waals surface area contributed by atoms with Crippen molar-refractivity contribution in [3.05, 3.63) is 27.7 Å². The summed E-state index contributed by atoms with van der Waals surface area (Å²) in [6.07, 6.45) is 0.762. The fourth-order valence-electron chi connectivity index (χ4n) is 2.93. The molecule has 2 aromatic rings. The van der Waals surface area contributed by atoms with Crippen LogP contribution in [0.15, 0.2) is 10.4 Å². The fraction of sp³-hybridized carbons (Fsp3) is 0.625. The SMILES string of the molecule is CN=C(NCCc1nnc2n1CCCCC2)NCc1nc(C(F)(F)F)cs1.I. The van der Waals surface area contributed by atoms with Crippen molar-refractivity contribution in [1.82, 2.24) is 30.4 Å². The molecule has 0 spiro atoms. The van der Waals surface area contributed by atoms with Gasteiger partial charge in [0.2, 0.25) is 0 Å². The number of aliphatic imine (C=N–C) groups is 1. The minimum Gasteiger partial charge on any atom is -0.356 e. The number of guanidine groups is 1. The Bertz CT molecular complexity index is 788. The fourth-order valence-corrected chi connectivity index (χ4v) is 3.67. The van der Waals surface area contributed by atoms with Gasteiger partial charge in [-0.1, -0.05) is 6.42 Å². The van der Waals surface area contributed by atoms with Gasteiger partial charge in [0.1, 0.15) is 16.7 Å². The minimum atomic E-state index is -4.41. The van der Waals surface area contributed by atoms with E-state index in [0.29, 0.717) is 23.9 Å². The highest BCUT2D eigenvalue weighted by atomic mass is 127. The average Bonchev–Trinajstić information content (AvgIpc) is 3.19. The number of rotatable bonds is 5. The molecule has 3 heterocycles. The average molecular weight is 529 g/mol. The van der Waals surface area contributed by atoms with Gasteiger partial charge in [-0.05, 0) is 12.8 Å². The Labute approximate surface area is 182 Å². The Morgan fingerprint density at radius 2 is 2.07 bits per heavy atom. The molecule has 0 saturated heterocycles. The Morgan fingerprint density at radius 1 is 1.25 bits per heavy atom. The monoisotopic (exact) mass is 529 g/mol. The van der Waals surface area contributed by atoms with E-state index in [2.05, 4.69) is 35.4 Å². The van der Waals surface area contributed by atoms with Crippen molar-refractivity contribution in [3.8, 4) is 0 Å². The molecule has 0 aromatic carbocycles. The van der Waals surface area contributed by atoms with Crippen LogP contribution in [0.4, 0.5) is 13.2 Å². The first-order chi connectivity index (χ1) is 13.0. The summed E-state index contributed by atoms with van der Waals surface area (Å²) in [6.45, 7) is 1.74. The van der Waals surface area contributed by atoms with Crippen LogP contribution in [0.5, 0.6) is 0 Å². The highest BCUT2D eigenvalue weighted by Crippen LogP contribution is 2.29. The lowest BCUT2D eigenvalue weighted by molar-refractivity contribution is -0.140. The topological polar surface area (TPSA) is 80.0 Å². The first kappa shape index (κ1) is 22.8. The molecule has 156 valence electrons. The number of hydrogen-bond donors (Lipinski definition) is 2. The molecule has 0 radical (unpaired) electrons. The zero-order valence-corrected chi connectivity index (χ0v) is 18.6. The van der Waals surface area contributed by atoms with Crippen LogP contribution in [0.3, 0.4) is 0 Å². The van der Waals surface area contributed by atoms with Crippen molar-refractivity contribution in [2.24, 2.45) is 4.99 Å². The molecule has 0 saturated carbocycles. The lowest BCUT2D eigenvalue weighted by Crippen LogP contribution is -2.38. The summed E-state index contributed by atoms with van der Waals surface area (Å²) in [5, 5.41) is 16.1. The van der Waals surface area contributed by atoms with Gasteiger partial charge in [-0.25, -0.2) is 4.98 Å². The van der Waals surface area contributed by atoms with Crippen LogP contribution in [0.1, 0.15) is 41.6 Å². The predicted octanol–water partition coefficient (Wildman–Crippen LogP) is 3.01. The number of aromatic nitrogens is 4. The number of nitrogens with one attached hydrogen (secondary N) is 2. The third kappa shape index (κ3) is 6.03. The maximum Gasteiger partial charge on any atom is 0.434 e. The summed E-state index contributed by atoms with van der Waals surface area (Å²) < 4.78 is 40.0. The molecule has 12 heteroatoms. The molecule has 1 aliphatic rings. The molecule has 2 N–H and O–H groups in total. The van der Waals surface area contributed by atoms with Crippen LogP contribution in [-0.4, -0.2) is 39.3 Å². The van der Waals surface area contributed by atoms with Crippen LogP contribution < -0.4 is 10.6 Å². The van der Waals surface area contributed by atoms with Gasteiger partial charge in [0.05, 0.1) is 6.54 Å². The molecule has 0 aliphatic carbocycles. The van der Waals surface area contributed by atoms with Crippen LogP contribution in [0, 0.1) is 0 Å². The molecule has 1 aliphatic heterocycles. The second kappa shape index (κ2) is 10.4. The van der Waals surface area contributed by atoms with Crippen LogP contribution in [0.2, 0.25) is 0 Å². The maximum atomic E-state index is 12.6. The number of thiazole rings is 1. The van der Waals surface area contributed by atoms with E-state index in [1.807, 2.05) is 0 Å². The Hall–Kier alpha value is -1.44. The van der Waals surface area contributed by atoms with Crippen molar-refractivity contribution in [2.75, 3.05) is 13.6 Å². The number of nitrogens with zero attached hydrogens (tertiary/aromatic N) is 5. The van der Waals surface area contributed by atoms with E-state index in [4.69, 9.17) is 0 Å². The smallest absolute Gasteiger partial charge is 0.356 e. The number of hydrogen-bond acceptors (Lipinski definition) is 5. The molecule has 3 rings (SSSR count). The van der Waals surface area contributed by atoms with Crippen molar-refractivity contribution >= 4 is 41.3 Å². The molecule has 0 amide bonds. The van der Waals surface area contributed by atoms with Gasteiger partial charge in [0, 0.05) is 38.4 Å². The molecule has 28 heavy (non-hydrogen) atoms. The molecule has 0 fully saturated rings. The van der Waals surface area contributed by atoms with E-state index in [0.717, 1.165) is 54.2 Å². The summed E-state index contributed by atoms with van der Waals surface area (Å²) in [5.41, 5.74) is -0.861. The van der Waals surface area contributed by atoms with Crippen LogP contribution >= 0.6 is 35.3 Å². The second-order valence-electron chi connectivity index (χ2n) is 6.22. The number of fused-ring (bicyclic) bond motifs is 1. The lowest BCUT2D eigenvalue weighted by atomic mass is 10.2. The van der Waals surface area contributed by atoms with Crippen molar-refractivity contribution in [1.29, 1.82) is 0 Å². The molecular weight excluding hydrogens is 506 g/mol. The molecule has 0 bridgehead atoms. The molecule has 0 unspecified atom stereocenters. The van der Waals surface area contributed by atoms with E-state index in [-0.39, 0.29) is 30.5 Å². The highest BCUT2D eigenvalue weighted by molar-refractivity contribution is 14.0. The molecular formula is C16H23F3IN7S. The Morgan fingerprint density at radius 3 is 2.79 bits per heavy atom. The van der Waals surface area contributed by atoms with Crippen molar-refractivity contribution in [3.63, 3.8) is 0 Å². The Balaban J connectivity index is 0.00000280. The van der Waals surface area contributed by atoms with Crippen LogP contribution in [-0.2, 0) is 32.1 Å². The normalized spacial score (nSPS) is 14.8. The summed E-state index contributed by atoms with van der Waals surface area (Å²) in [7, 11) is 1.61. The molecule has 0 atom stereocenters. The Kier molecular flexibility index (Phi) is 8.46. The standard InChI is InChI=1S/C16H22F3N7S.HI/c1-20-15(22-9-14-23-11(10-27-14)16(17,18)19)21-7-6-13-25-24-12-5-3-2-4-8-26(12)13;/h10H,2-9H2,1H3,(H2,20,21,22);1H. The third-order valence-corrected chi connectivity index (χ3v) is 5.15. The zero-order valence-electron chi connectivity index (χ0n) is 15.4. The van der Waals surface area contributed by atoms with Gasteiger partial charge >= 0.3 is 6.18 Å². The summed E-state index contributed by atoms with van der Waals surface area (Å²) in [4.78, 5) is 7.68. The zero-order chi connectivity index (χ0) is 19.3. The maximum absolute atomic E-state index is 12.6. The van der Waals surface area contributed by atoms with Gasteiger partial charge in [-0.3, -0.25) is 4.99 Å². The van der Waals surface area contributed by atoms with E-state index >= 15 is 0 Å². The van der Waals surface area contributed by atoms with Gasteiger partial charge in [-0.2, -0.15) is 13.2 Å². The number of halogens is 4. The second-order valence-corrected chi connectivity index (χ2v) is 7.16. The van der Waals surface area contributed by atoms with Gasteiger partial charge in [-0.15, -0.1) is 45.5 Å². The molecule has 7 nitrogen and oxygen atoms in total. The highest BCUT2D eigenvalue weighted by Gasteiger charge is 2.33. The van der Waals surface area contributed by atoms with E-state index in [1.165, 1.54) is 6.42 Å². The van der Waals surface area contributed by atoms with Gasteiger partial charge < -0.3 is 15.2 Å². The van der Waals surface area contributed by atoms with E-state index < -0.39 is 11.9 Å². The van der Waals surface area contributed by atoms with E-state index in [1.54, 1.807) is 7.05 Å². The summed E-state index contributed by atoms with van der Waals surface area (Å²) >= 11 is 0.970. The lowest BCUT2D eigenvalue weighted by Gasteiger charge is -2.11. The minimum absolute atomic E-state index is 0. The van der Waals surface area contributed by atoms with Crippen LogP contribution in [0.25, 0.3) is 0 Å². The van der Waals surface area contributed by atoms with Crippen molar-refractivity contribution < 1.29 is 13.2 Å². The number of aryl methyl sites for hydroxylation is 1. The number of alkyl halides is 3. The largest absolute Gasteiger partial charge is 0.434 e. The third-order valence-electron chi connectivity index (χ3n) is 4.30. The summed E-state index contributed by atoms with van der Waals surface area (Å²) in [6, 6.07) is 0. The van der Waals surface area contributed by atoms with Crippen molar-refractivity contribution in [2.45, 2.75) is 51.4 Å². The quantitative estimate of drug-likeness (QED) is 0.354.